The fraction of sp³-hybridized carbons (Fsp3) is 0.625. The Morgan fingerprint density at radius 1 is 1.42 bits per heavy atom. The summed E-state index contributed by atoms with van der Waals surface area (Å²) in [5, 5.41) is 0.852. The van der Waals surface area contributed by atoms with Crippen LogP contribution in [0.1, 0.15) is 38.2 Å². The normalized spacial score (nSPS) is 27.7. The third kappa shape index (κ3) is 3.31. The number of hydrogen-bond donors (Lipinski definition) is 1. The highest BCUT2D eigenvalue weighted by atomic mass is 35.5. The van der Waals surface area contributed by atoms with Crippen molar-refractivity contribution in [3.63, 3.8) is 0 Å². The third-order valence-corrected chi connectivity index (χ3v) is 4.99. The second-order valence-electron chi connectivity index (χ2n) is 6.08. The summed E-state index contributed by atoms with van der Waals surface area (Å²) in [7, 11) is 2.19. The standard InChI is InChI=1S/C16H25ClN2/c1-13-6-5-9-16(10-13,12-18)19(2)11-14-7-3-4-8-15(14)17/h3-4,7-8,13H,5-6,9-12,18H2,1-2H3. The molecule has 1 saturated carbocycles. The highest BCUT2D eigenvalue weighted by molar-refractivity contribution is 6.31. The number of rotatable bonds is 4. The van der Waals surface area contributed by atoms with Gasteiger partial charge in [-0.2, -0.15) is 0 Å². The molecule has 1 aliphatic rings. The topological polar surface area (TPSA) is 29.3 Å². The summed E-state index contributed by atoms with van der Waals surface area (Å²) in [4.78, 5) is 2.42. The molecular weight excluding hydrogens is 256 g/mol. The zero-order chi connectivity index (χ0) is 13.9. The maximum Gasteiger partial charge on any atom is 0.0451 e. The predicted octanol–water partition coefficient (Wildman–Crippen LogP) is 3.68. The van der Waals surface area contributed by atoms with E-state index in [0.29, 0.717) is 0 Å². The number of halogens is 1. The summed E-state index contributed by atoms with van der Waals surface area (Å²) in [6.45, 7) is 3.95. The molecule has 0 spiro atoms. The molecule has 0 amide bonds. The average Bonchev–Trinajstić information content (AvgIpc) is 2.41. The second kappa shape index (κ2) is 6.25. The van der Waals surface area contributed by atoms with E-state index in [1.54, 1.807) is 0 Å². The highest BCUT2D eigenvalue weighted by Gasteiger charge is 2.37. The van der Waals surface area contributed by atoms with Crippen LogP contribution in [0.2, 0.25) is 5.02 Å². The Morgan fingerprint density at radius 2 is 2.16 bits per heavy atom. The van der Waals surface area contributed by atoms with Crippen LogP contribution < -0.4 is 5.73 Å². The Kier molecular flexibility index (Phi) is 4.88. The van der Waals surface area contributed by atoms with Crippen molar-refractivity contribution in [2.24, 2.45) is 11.7 Å². The molecule has 2 atom stereocenters. The molecule has 2 rings (SSSR count). The van der Waals surface area contributed by atoms with Crippen LogP contribution in [0.15, 0.2) is 24.3 Å². The van der Waals surface area contributed by atoms with E-state index in [2.05, 4.69) is 24.9 Å². The number of benzene rings is 1. The van der Waals surface area contributed by atoms with Gasteiger partial charge in [-0.15, -0.1) is 0 Å². The van der Waals surface area contributed by atoms with Gasteiger partial charge in [0, 0.05) is 23.7 Å². The molecule has 1 aliphatic carbocycles. The molecule has 19 heavy (non-hydrogen) atoms. The molecule has 3 heteroatoms. The van der Waals surface area contributed by atoms with E-state index >= 15 is 0 Å². The van der Waals surface area contributed by atoms with E-state index in [-0.39, 0.29) is 5.54 Å². The van der Waals surface area contributed by atoms with Gasteiger partial charge in [0.1, 0.15) is 0 Å². The Labute approximate surface area is 121 Å². The van der Waals surface area contributed by atoms with Gasteiger partial charge in [-0.1, -0.05) is 49.6 Å². The SMILES string of the molecule is CC1CCCC(CN)(N(C)Cc2ccccc2Cl)C1. The third-order valence-electron chi connectivity index (χ3n) is 4.62. The molecule has 0 heterocycles. The zero-order valence-electron chi connectivity index (χ0n) is 12.0. The van der Waals surface area contributed by atoms with Crippen molar-refractivity contribution >= 4 is 11.6 Å². The fourth-order valence-corrected chi connectivity index (χ4v) is 3.57. The molecule has 0 saturated heterocycles. The molecule has 1 fully saturated rings. The van der Waals surface area contributed by atoms with Gasteiger partial charge >= 0.3 is 0 Å². The molecule has 1 aromatic carbocycles. The molecule has 0 aliphatic heterocycles. The zero-order valence-corrected chi connectivity index (χ0v) is 12.8. The van der Waals surface area contributed by atoms with Gasteiger partial charge < -0.3 is 5.73 Å². The first kappa shape index (κ1) is 14.8. The average molecular weight is 281 g/mol. The number of nitrogens with zero attached hydrogens (tertiary/aromatic N) is 1. The Balaban J connectivity index is 2.13. The van der Waals surface area contributed by atoms with Gasteiger partial charge in [0.15, 0.2) is 0 Å². The van der Waals surface area contributed by atoms with Crippen LogP contribution in [-0.2, 0) is 6.54 Å². The maximum atomic E-state index is 6.27. The Hall–Kier alpha value is -0.570. The van der Waals surface area contributed by atoms with Gasteiger partial charge in [-0.05, 0) is 37.4 Å². The van der Waals surface area contributed by atoms with Crippen LogP contribution in [-0.4, -0.2) is 24.0 Å². The first-order valence-corrected chi connectivity index (χ1v) is 7.60. The lowest BCUT2D eigenvalue weighted by molar-refractivity contribution is 0.0555. The van der Waals surface area contributed by atoms with Gasteiger partial charge in [0.25, 0.3) is 0 Å². The summed E-state index contributed by atoms with van der Waals surface area (Å²) < 4.78 is 0. The Bertz CT molecular complexity index is 421. The van der Waals surface area contributed by atoms with E-state index in [0.717, 1.165) is 24.0 Å². The molecule has 0 aromatic heterocycles. The van der Waals surface area contributed by atoms with E-state index in [1.807, 2.05) is 18.2 Å². The van der Waals surface area contributed by atoms with Crippen molar-refractivity contribution in [2.45, 2.75) is 44.7 Å². The van der Waals surface area contributed by atoms with Crippen LogP contribution in [0.25, 0.3) is 0 Å². The lowest BCUT2D eigenvalue weighted by Crippen LogP contribution is -2.54. The van der Waals surface area contributed by atoms with Crippen molar-refractivity contribution in [2.75, 3.05) is 13.6 Å². The van der Waals surface area contributed by atoms with Crippen molar-refractivity contribution in [3.05, 3.63) is 34.9 Å². The van der Waals surface area contributed by atoms with E-state index in [1.165, 1.54) is 31.2 Å². The second-order valence-corrected chi connectivity index (χ2v) is 6.48. The number of likely N-dealkylation sites (N-methyl/N-ethyl adjacent to an activating group) is 1. The summed E-state index contributed by atoms with van der Waals surface area (Å²) in [6, 6.07) is 8.10. The largest absolute Gasteiger partial charge is 0.329 e. The summed E-state index contributed by atoms with van der Waals surface area (Å²) in [5.74, 6) is 0.769. The Morgan fingerprint density at radius 3 is 2.79 bits per heavy atom. The summed E-state index contributed by atoms with van der Waals surface area (Å²) in [6.07, 6.45) is 5.02. The smallest absolute Gasteiger partial charge is 0.0451 e. The molecule has 0 bridgehead atoms. The summed E-state index contributed by atoms with van der Waals surface area (Å²) in [5.41, 5.74) is 7.46. The molecular formula is C16H25ClN2. The van der Waals surface area contributed by atoms with E-state index in [9.17, 15) is 0 Å². The van der Waals surface area contributed by atoms with Gasteiger partial charge in [0.05, 0.1) is 0 Å². The van der Waals surface area contributed by atoms with Gasteiger partial charge in [-0.25, -0.2) is 0 Å². The van der Waals surface area contributed by atoms with Gasteiger partial charge in [0.2, 0.25) is 0 Å². The minimum atomic E-state index is 0.150. The molecule has 2 nitrogen and oxygen atoms in total. The molecule has 0 radical (unpaired) electrons. The van der Waals surface area contributed by atoms with Crippen molar-refractivity contribution in [1.82, 2.24) is 4.90 Å². The maximum absolute atomic E-state index is 6.27. The van der Waals surface area contributed by atoms with Crippen LogP contribution in [0.4, 0.5) is 0 Å². The van der Waals surface area contributed by atoms with Crippen LogP contribution in [0, 0.1) is 5.92 Å². The molecule has 106 valence electrons. The van der Waals surface area contributed by atoms with Crippen LogP contribution in [0.5, 0.6) is 0 Å². The fourth-order valence-electron chi connectivity index (χ4n) is 3.37. The van der Waals surface area contributed by atoms with Crippen LogP contribution in [0.3, 0.4) is 0 Å². The highest BCUT2D eigenvalue weighted by Crippen LogP contribution is 2.36. The first-order valence-electron chi connectivity index (χ1n) is 7.22. The first-order chi connectivity index (χ1) is 9.07. The molecule has 2 unspecified atom stereocenters. The monoisotopic (exact) mass is 280 g/mol. The molecule has 2 N–H and O–H groups in total. The van der Waals surface area contributed by atoms with E-state index in [4.69, 9.17) is 17.3 Å². The molecule has 1 aromatic rings. The minimum Gasteiger partial charge on any atom is -0.329 e. The lowest BCUT2D eigenvalue weighted by Gasteiger charge is -2.46. The van der Waals surface area contributed by atoms with Crippen molar-refractivity contribution in [3.8, 4) is 0 Å². The number of nitrogens with two attached hydrogens (primary N) is 1. The number of hydrogen-bond acceptors (Lipinski definition) is 2. The van der Waals surface area contributed by atoms with Crippen molar-refractivity contribution < 1.29 is 0 Å². The summed E-state index contributed by atoms with van der Waals surface area (Å²) >= 11 is 6.27. The predicted molar refractivity (Wildman–Crippen MR) is 82.3 cm³/mol. The lowest BCUT2D eigenvalue weighted by atomic mass is 9.75. The van der Waals surface area contributed by atoms with Gasteiger partial charge in [-0.3, -0.25) is 4.90 Å². The van der Waals surface area contributed by atoms with E-state index < -0.39 is 0 Å². The van der Waals surface area contributed by atoms with Crippen molar-refractivity contribution in [1.29, 1.82) is 0 Å². The minimum absolute atomic E-state index is 0.150. The quantitative estimate of drug-likeness (QED) is 0.912. The van der Waals surface area contributed by atoms with Crippen LogP contribution >= 0.6 is 11.6 Å².